The summed E-state index contributed by atoms with van der Waals surface area (Å²) in [4.78, 5) is 0. The Morgan fingerprint density at radius 2 is 0.444 bits per heavy atom. The molecule has 3 aromatic rings. The lowest BCUT2D eigenvalue weighted by molar-refractivity contribution is 0.886. The van der Waals surface area contributed by atoms with E-state index in [4.69, 9.17) is 0 Å². The summed E-state index contributed by atoms with van der Waals surface area (Å²) in [5.74, 6) is 0. The second-order valence-corrected chi connectivity index (χ2v) is 5.92. The second kappa shape index (κ2) is 69.8. The Balaban J connectivity index is -0.0000000571. The third kappa shape index (κ3) is 58.1. The van der Waals surface area contributed by atoms with Crippen molar-refractivity contribution in [2.75, 3.05) is 0 Å². The van der Waals surface area contributed by atoms with Gasteiger partial charge in [-0.3, -0.25) is 0 Å². The fourth-order valence-corrected chi connectivity index (χ4v) is 1.52. The molecule has 0 aliphatic carbocycles. The summed E-state index contributed by atoms with van der Waals surface area (Å²) in [6, 6.07) is 28.7. The predicted molar refractivity (Wildman–Crippen MR) is 180 cm³/mol. The lowest BCUT2D eigenvalue weighted by Gasteiger charge is -1.92. The molecule has 36 heavy (non-hydrogen) atoms. The minimum absolute atomic E-state index is 1.25. The van der Waals surface area contributed by atoms with Crippen LogP contribution in [0.4, 0.5) is 0 Å². The zero-order chi connectivity index (χ0) is 29.9. The molecule has 0 spiro atoms. The standard InChI is InChI=1S/C10H8.C6H6.C4H10.2C3H8.5C2H6/c1-2-6-10-8-4-3-7-9(10)5-1;1-2-4-6-5-3-1;1-3-4-2;2*1-3-2;5*1-2/h1-8H;1-6H;3-4H2,1-2H3;2*3H2,1-2H3;5*1-2H3. The fraction of sp³-hybridized carbons (Fsp3) is 0.556. The van der Waals surface area contributed by atoms with Crippen LogP contribution in [0.15, 0.2) is 84.9 Å². The molecule has 0 radical (unpaired) electrons. The maximum absolute atomic E-state index is 2.18. The van der Waals surface area contributed by atoms with Gasteiger partial charge in [0, 0.05) is 0 Å². The highest BCUT2D eigenvalue weighted by atomic mass is 13.9. The zero-order valence-corrected chi connectivity index (χ0v) is 27.9. The first-order valence-electron chi connectivity index (χ1n) is 15.1. The quantitative estimate of drug-likeness (QED) is 0.310. The van der Waals surface area contributed by atoms with Crippen LogP contribution in [0.2, 0.25) is 0 Å². The highest BCUT2D eigenvalue weighted by Gasteiger charge is 1.85. The van der Waals surface area contributed by atoms with Crippen molar-refractivity contribution in [2.24, 2.45) is 0 Å². The van der Waals surface area contributed by atoms with Crippen molar-refractivity contribution < 1.29 is 0 Å². The van der Waals surface area contributed by atoms with Gasteiger partial charge in [0.15, 0.2) is 0 Å². The molecule has 0 unspecified atom stereocenters. The molecule has 0 bridgehead atoms. The van der Waals surface area contributed by atoms with Crippen LogP contribution in [0.25, 0.3) is 10.8 Å². The summed E-state index contributed by atoms with van der Waals surface area (Å²) in [5, 5.41) is 2.62. The lowest BCUT2D eigenvalue weighted by atomic mass is 10.1. The molecule has 0 heteroatoms. The van der Waals surface area contributed by atoms with E-state index in [1.54, 1.807) is 0 Å². The van der Waals surface area contributed by atoms with Gasteiger partial charge in [-0.15, -0.1) is 0 Å². The molecule has 0 saturated carbocycles. The van der Waals surface area contributed by atoms with Crippen molar-refractivity contribution in [2.45, 2.75) is 136 Å². The van der Waals surface area contributed by atoms with Crippen LogP contribution in [0.3, 0.4) is 0 Å². The Kier molecular flexibility index (Phi) is 98.4. The highest BCUT2D eigenvalue weighted by Crippen LogP contribution is 2.11. The van der Waals surface area contributed by atoms with Crippen LogP contribution < -0.4 is 0 Å². The molecule has 3 rings (SSSR count). The first-order chi connectivity index (χ1) is 17.7. The molecule has 3 aromatic carbocycles. The molecule has 0 saturated heterocycles. The molecular formula is C36H70. The first kappa shape index (κ1) is 50.7. The summed E-state index contributed by atoms with van der Waals surface area (Å²) in [6.07, 6.45) is 5.14. The monoisotopic (exact) mass is 503 g/mol. The Hall–Kier alpha value is -2.08. The average molecular weight is 503 g/mol. The number of hydrogen-bond acceptors (Lipinski definition) is 0. The van der Waals surface area contributed by atoms with Crippen molar-refractivity contribution in [1.82, 2.24) is 0 Å². The van der Waals surface area contributed by atoms with E-state index in [9.17, 15) is 0 Å². The topological polar surface area (TPSA) is 0 Å². The first-order valence-corrected chi connectivity index (χ1v) is 15.1. The zero-order valence-electron chi connectivity index (χ0n) is 27.9. The van der Waals surface area contributed by atoms with E-state index in [1.165, 1.54) is 36.5 Å². The predicted octanol–water partition coefficient (Wildman–Crippen LogP) is 14.3. The minimum atomic E-state index is 1.25. The van der Waals surface area contributed by atoms with Gasteiger partial charge in [-0.1, -0.05) is 221 Å². The van der Waals surface area contributed by atoms with Crippen molar-refractivity contribution in [3.05, 3.63) is 84.9 Å². The van der Waals surface area contributed by atoms with Crippen LogP contribution in [-0.2, 0) is 0 Å². The Morgan fingerprint density at radius 3 is 0.556 bits per heavy atom. The van der Waals surface area contributed by atoms with Crippen LogP contribution in [0.1, 0.15) is 136 Å². The molecule has 0 fully saturated rings. The minimum Gasteiger partial charge on any atom is -0.0683 e. The van der Waals surface area contributed by atoms with E-state index >= 15 is 0 Å². The van der Waals surface area contributed by atoms with Crippen molar-refractivity contribution >= 4 is 10.8 Å². The van der Waals surface area contributed by atoms with E-state index in [0.717, 1.165) is 0 Å². The molecule has 0 amide bonds. The van der Waals surface area contributed by atoms with E-state index < -0.39 is 0 Å². The number of benzene rings is 3. The number of fused-ring (bicyclic) bond motifs is 1. The summed E-state index contributed by atoms with van der Waals surface area (Å²) in [7, 11) is 0. The van der Waals surface area contributed by atoms with Gasteiger partial charge in [0.1, 0.15) is 0 Å². The third-order valence-electron chi connectivity index (χ3n) is 2.83. The van der Waals surface area contributed by atoms with Gasteiger partial charge in [-0.2, -0.15) is 0 Å². The van der Waals surface area contributed by atoms with Crippen LogP contribution in [0.5, 0.6) is 0 Å². The number of unbranched alkanes of at least 4 members (excludes halogenated alkanes) is 1. The number of hydrogen-bond donors (Lipinski definition) is 0. The van der Waals surface area contributed by atoms with E-state index in [0.29, 0.717) is 0 Å². The van der Waals surface area contributed by atoms with Gasteiger partial charge < -0.3 is 0 Å². The van der Waals surface area contributed by atoms with E-state index in [2.05, 4.69) is 90.1 Å². The average Bonchev–Trinajstić information content (AvgIpc) is 3.00. The SMILES string of the molecule is CC.CC.CC.CC.CC.CCC.CCC.CCCC.c1ccc2ccccc2c1.c1ccccc1. The molecule has 214 valence electrons. The molecule has 0 heterocycles. The van der Waals surface area contributed by atoms with Gasteiger partial charge >= 0.3 is 0 Å². The van der Waals surface area contributed by atoms with Crippen LogP contribution in [-0.4, -0.2) is 0 Å². The second-order valence-electron chi connectivity index (χ2n) is 5.92. The van der Waals surface area contributed by atoms with Crippen molar-refractivity contribution in [1.29, 1.82) is 0 Å². The molecule has 0 aliphatic heterocycles. The maximum Gasteiger partial charge on any atom is -0.0184 e. The van der Waals surface area contributed by atoms with Crippen LogP contribution in [0, 0.1) is 0 Å². The van der Waals surface area contributed by atoms with Gasteiger partial charge in [-0.05, 0) is 10.8 Å². The third-order valence-corrected chi connectivity index (χ3v) is 2.83. The fourth-order valence-electron chi connectivity index (χ4n) is 1.52. The molecule has 0 N–H and O–H groups in total. The largest absolute Gasteiger partial charge is 0.0683 e. The summed E-state index contributed by atoms with van der Waals surface area (Å²) in [5.41, 5.74) is 0. The molecule has 0 atom stereocenters. The summed E-state index contributed by atoms with van der Waals surface area (Å²) < 4.78 is 0. The van der Waals surface area contributed by atoms with Gasteiger partial charge in [0.05, 0.1) is 0 Å². The van der Waals surface area contributed by atoms with Gasteiger partial charge in [0.2, 0.25) is 0 Å². The van der Waals surface area contributed by atoms with Gasteiger partial charge in [0.25, 0.3) is 0 Å². The van der Waals surface area contributed by atoms with E-state index in [-0.39, 0.29) is 0 Å². The lowest BCUT2D eigenvalue weighted by Crippen LogP contribution is -1.67. The van der Waals surface area contributed by atoms with Crippen LogP contribution >= 0.6 is 0 Å². The Labute approximate surface area is 232 Å². The Morgan fingerprint density at radius 1 is 0.306 bits per heavy atom. The smallest absolute Gasteiger partial charge is 0.0184 e. The Bertz CT molecular complexity index is 488. The molecular weight excluding hydrogens is 432 g/mol. The van der Waals surface area contributed by atoms with Crippen molar-refractivity contribution in [3.8, 4) is 0 Å². The normalized spacial score (nSPS) is 6.78. The summed E-state index contributed by atoms with van der Waals surface area (Å²) >= 11 is 0. The number of rotatable bonds is 1. The molecule has 0 aromatic heterocycles. The molecule has 0 aliphatic rings. The summed E-state index contributed by atoms with van der Waals surface area (Å²) in [6.45, 7) is 32.9. The van der Waals surface area contributed by atoms with Crippen molar-refractivity contribution in [3.63, 3.8) is 0 Å². The van der Waals surface area contributed by atoms with Gasteiger partial charge in [-0.25, -0.2) is 0 Å². The molecule has 0 nitrogen and oxygen atoms in total. The van der Waals surface area contributed by atoms with E-state index in [1.807, 2.05) is 106 Å². The highest BCUT2D eigenvalue weighted by molar-refractivity contribution is 5.81. The maximum atomic E-state index is 2.18.